The highest BCUT2D eigenvalue weighted by Gasteiger charge is 2.22. The molecule has 0 radical (unpaired) electrons. The molecule has 1 aromatic heterocycles. The molecule has 1 heterocycles. The molecular weight excluding hydrogens is 472 g/mol. The van der Waals surface area contributed by atoms with Gasteiger partial charge in [0, 0.05) is 22.0 Å². The van der Waals surface area contributed by atoms with Gasteiger partial charge in [0.2, 0.25) is 5.91 Å². The molecule has 0 saturated carbocycles. The minimum absolute atomic E-state index is 0.194. The molecular formula is C25H23BrN2O4. The van der Waals surface area contributed by atoms with Crippen LogP contribution in [-0.2, 0) is 11.3 Å². The number of hydrogen-bond acceptors (Lipinski definition) is 3. The van der Waals surface area contributed by atoms with Crippen molar-refractivity contribution in [2.45, 2.75) is 26.3 Å². The number of nitrogens with two attached hydrogens (primary N) is 1. The minimum atomic E-state index is -1.07. The Balaban J connectivity index is 2.09. The SMILES string of the molecule is CC(C)c1cc(OCC(=O)O)c2c3c(C(N)=O)cccc3n(Cc3cccc(Br)c3)c2c1. The molecule has 4 aromatic rings. The van der Waals surface area contributed by atoms with Crippen molar-refractivity contribution in [3.63, 3.8) is 0 Å². The highest BCUT2D eigenvalue weighted by molar-refractivity contribution is 9.10. The molecule has 0 fully saturated rings. The molecule has 4 rings (SSSR count). The largest absolute Gasteiger partial charge is 0.481 e. The van der Waals surface area contributed by atoms with Crippen molar-refractivity contribution in [3.8, 4) is 5.75 Å². The van der Waals surface area contributed by atoms with Crippen molar-refractivity contribution >= 4 is 49.6 Å². The van der Waals surface area contributed by atoms with Crippen LogP contribution in [0.25, 0.3) is 21.8 Å². The first kappa shape index (κ1) is 21.9. The summed E-state index contributed by atoms with van der Waals surface area (Å²) >= 11 is 3.53. The highest BCUT2D eigenvalue weighted by Crippen LogP contribution is 2.40. The van der Waals surface area contributed by atoms with Crippen LogP contribution in [-0.4, -0.2) is 28.2 Å². The number of primary amides is 1. The van der Waals surface area contributed by atoms with Gasteiger partial charge in [0.1, 0.15) is 5.75 Å². The Kier molecular flexibility index (Phi) is 5.93. The Hall–Kier alpha value is -3.32. The maximum absolute atomic E-state index is 12.3. The first-order chi connectivity index (χ1) is 15.3. The van der Waals surface area contributed by atoms with E-state index < -0.39 is 18.5 Å². The van der Waals surface area contributed by atoms with Crippen molar-refractivity contribution in [1.29, 1.82) is 0 Å². The lowest BCUT2D eigenvalue weighted by Crippen LogP contribution is -2.12. The van der Waals surface area contributed by atoms with Gasteiger partial charge in [-0.2, -0.15) is 0 Å². The average molecular weight is 495 g/mol. The van der Waals surface area contributed by atoms with Gasteiger partial charge in [-0.1, -0.05) is 48.0 Å². The number of carboxylic acids is 1. The molecule has 164 valence electrons. The van der Waals surface area contributed by atoms with Crippen LogP contribution in [0.3, 0.4) is 0 Å². The molecule has 0 spiro atoms. The summed E-state index contributed by atoms with van der Waals surface area (Å²) in [4.78, 5) is 23.5. The molecule has 0 aliphatic rings. The fraction of sp³-hybridized carbons (Fsp3) is 0.200. The van der Waals surface area contributed by atoms with Gasteiger partial charge in [0.25, 0.3) is 0 Å². The summed E-state index contributed by atoms with van der Waals surface area (Å²) in [6.07, 6.45) is 0. The van der Waals surface area contributed by atoms with Gasteiger partial charge in [-0.3, -0.25) is 4.79 Å². The van der Waals surface area contributed by atoms with Crippen molar-refractivity contribution < 1.29 is 19.4 Å². The summed E-state index contributed by atoms with van der Waals surface area (Å²) in [6.45, 7) is 4.21. The average Bonchev–Trinajstić information content (AvgIpc) is 3.05. The Bertz CT molecular complexity index is 1360. The number of halogens is 1. The van der Waals surface area contributed by atoms with Crippen LogP contribution < -0.4 is 10.5 Å². The van der Waals surface area contributed by atoms with Crippen LogP contribution in [0, 0.1) is 0 Å². The van der Waals surface area contributed by atoms with Gasteiger partial charge >= 0.3 is 5.97 Å². The van der Waals surface area contributed by atoms with Crippen molar-refractivity contribution in [1.82, 2.24) is 4.57 Å². The molecule has 0 atom stereocenters. The summed E-state index contributed by atoms with van der Waals surface area (Å²) in [7, 11) is 0. The van der Waals surface area contributed by atoms with E-state index in [1.165, 1.54) is 0 Å². The molecule has 3 aromatic carbocycles. The number of nitrogens with zero attached hydrogens (tertiary/aromatic N) is 1. The Morgan fingerprint density at radius 1 is 1.06 bits per heavy atom. The van der Waals surface area contributed by atoms with E-state index in [0.717, 1.165) is 26.6 Å². The predicted molar refractivity (Wildman–Crippen MR) is 128 cm³/mol. The number of amides is 1. The molecule has 0 unspecified atom stereocenters. The Morgan fingerprint density at radius 3 is 2.47 bits per heavy atom. The molecule has 3 N–H and O–H groups in total. The summed E-state index contributed by atoms with van der Waals surface area (Å²) in [5, 5.41) is 10.6. The van der Waals surface area contributed by atoms with Gasteiger partial charge in [0.05, 0.1) is 16.4 Å². The zero-order chi connectivity index (χ0) is 23.0. The Labute approximate surface area is 193 Å². The quantitative estimate of drug-likeness (QED) is 0.364. The molecule has 7 heteroatoms. The van der Waals surface area contributed by atoms with Crippen LogP contribution in [0.15, 0.2) is 59.1 Å². The van der Waals surface area contributed by atoms with Crippen molar-refractivity contribution in [3.05, 3.63) is 75.8 Å². The van der Waals surface area contributed by atoms with E-state index in [0.29, 0.717) is 28.6 Å². The second-order valence-electron chi connectivity index (χ2n) is 8.03. The van der Waals surface area contributed by atoms with Crippen LogP contribution in [0.1, 0.15) is 41.3 Å². The molecule has 6 nitrogen and oxygen atoms in total. The lowest BCUT2D eigenvalue weighted by Gasteiger charge is -2.13. The number of aromatic nitrogens is 1. The molecule has 0 aliphatic carbocycles. The normalized spacial score (nSPS) is 11.4. The molecule has 0 bridgehead atoms. The van der Waals surface area contributed by atoms with Crippen molar-refractivity contribution in [2.75, 3.05) is 6.61 Å². The maximum atomic E-state index is 12.3. The number of hydrogen-bond donors (Lipinski definition) is 2. The van der Waals surface area contributed by atoms with Gasteiger partial charge in [-0.15, -0.1) is 0 Å². The third kappa shape index (κ3) is 4.08. The van der Waals surface area contributed by atoms with Crippen LogP contribution in [0.2, 0.25) is 0 Å². The number of benzene rings is 3. The summed E-state index contributed by atoms with van der Waals surface area (Å²) in [5.41, 5.74) is 9.86. The monoisotopic (exact) mass is 494 g/mol. The zero-order valence-electron chi connectivity index (χ0n) is 17.8. The zero-order valence-corrected chi connectivity index (χ0v) is 19.3. The summed E-state index contributed by atoms with van der Waals surface area (Å²) in [6, 6.07) is 17.4. The highest BCUT2D eigenvalue weighted by atomic mass is 79.9. The number of carbonyl (C=O) groups excluding carboxylic acids is 1. The fourth-order valence-electron chi connectivity index (χ4n) is 4.02. The summed E-state index contributed by atoms with van der Waals surface area (Å²) < 4.78 is 8.82. The third-order valence-electron chi connectivity index (χ3n) is 5.49. The van der Waals surface area contributed by atoms with E-state index >= 15 is 0 Å². The van der Waals surface area contributed by atoms with E-state index in [1.54, 1.807) is 12.1 Å². The van der Waals surface area contributed by atoms with Gasteiger partial charge in [-0.25, -0.2) is 4.79 Å². The number of carboxylic acid groups (broad SMARTS) is 1. The van der Waals surface area contributed by atoms with Crippen LogP contribution in [0.5, 0.6) is 5.75 Å². The third-order valence-corrected chi connectivity index (χ3v) is 5.98. The smallest absolute Gasteiger partial charge is 0.341 e. The van der Waals surface area contributed by atoms with Crippen molar-refractivity contribution in [2.24, 2.45) is 5.73 Å². The topological polar surface area (TPSA) is 94.6 Å². The van der Waals surface area contributed by atoms with E-state index in [4.69, 9.17) is 10.5 Å². The van der Waals surface area contributed by atoms with E-state index in [2.05, 4.69) is 40.4 Å². The molecule has 1 amide bonds. The first-order valence-corrected chi connectivity index (χ1v) is 11.0. The number of rotatable bonds is 7. The fourth-order valence-corrected chi connectivity index (χ4v) is 4.47. The molecule has 0 saturated heterocycles. The number of aliphatic carboxylic acids is 1. The predicted octanol–water partition coefficient (Wildman–Crippen LogP) is 5.29. The van der Waals surface area contributed by atoms with Gasteiger partial charge in [-0.05, 0) is 53.4 Å². The van der Waals surface area contributed by atoms with E-state index in [-0.39, 0.29) is 5.92 Å². The Morgan fingerprint density at radius 2 is 1.81 bits per heavy atom. The number of ether oxygens (including phenoxy) is 1. The second kappa shape index (κ2) is 8.67. The van der Waals surface area contributed by atoms with Crippen LogP contribution >= 0.6 is 15.9 Å². The lowest BCUT2D eigenvalue weighted by atomic mass is 9.99. The number of carbonyl (C=O) groups is 2. The summed E-state index contributed by atoms with van der Waals surface area (Å²) in [5.74, 6) is -0.991. The van der Waals surface area contributed by atoms with Crippen LogP contribution in [0.4, 0.5) is 0 Å². The molecule has 0 aliphatic heterocycles. The first-order valence-electron chi connectivity index (χ1n) is 10.2. The van der Waals surface area contributed by atoms with E-state index in [9.17, 15) is 14.7 Å². The standard InChI is InChI=1S/C25H23BrN2O4/c1-14(2)16-10-20-24(21(11-16)32-13-22(29)30)23-18(25(27)31)7-4-8-19(23)28(20)12-15-5-3-6-17(26)9-15/h3-11,14H,12-13H2,1-2H3,(H2,27,31)(H,29,30). The maximum Gasteiger partial charge on any atom is 0.341 e. The van der Waals surface area contributed by atoms with E-state index in [1.807, 2.05) is 36.4 Å². The lowest BCUT2D eigenvalue weighted by molar-refractivity contribution is -0.139. The van der Waals surface area contributed by atoms with Gasteiger partial charge < -0.3 is 20.1 Å². The van der Waals surface area contributed by atoms with Gasteiger partial charge in [0.15, 0.2) is 6.61 Å². The molecule has 32 heavy (non-hydrogen) atoms. The second-order valence-corrected chi connectivity index (χ2v) is 8.95. The minimum Gasteiger partial charge on any atom is -0.481 e. The number of fused-ring (bicyclic) bond motifs is 3.